The smallest absolute Gasteiger partial charge is 0.217 e. The van der Waals surface area contributed by atoms with Crippen molar-refractivity contribution < 1.29 is 4.39 Å². The van der Waals surface area contributed by atoms with E-state index in [9.17, 15) is 4.39 Å². The Balaban J connectivity index is 2.91. The topological polar surface area (TPSA) is 12.9 Å². The van der Waals surface area contributed by atoms with Crippen LogP contribution in [-0.4, -0.2) is 4.98 Å². The van der Waals surface area contributed by atoms with Crippen molar-refractivity contribution in [3.05, 3.63) is 42.5 Å². The fourth-order valence-electron chi connectivity index (χ4n) is 0.966. The quantitative estimate of drug-likeness (QED) is 0.516. The van der Waals surface area contributed by atoms with Crippen molar-refractivity contribution in [1.82, 2.24) is 4.98 Å². The monoisotopic (exact) mass is 145 g/mol. The average molecular weight is 145 g/mol. The van der Waals surface area contributed by atoms with Crippen molar-refractivity contribution in [1.29, 1.82) is 0 Å². The van der Waals surface area contributed by atoms with E-state index >= 15 is 0 Å². The molecule has 0 spiro atoms. The lowest BCUT2D eigenvalue weighted by atomic mass is 10.2. The molecule has 1 aromatic heterocycles. The molecule has 0 N–H and O–H groups in total. The molecule has 1 aromatic carbocycles. The molecule has 1 nitrogen and oxygen atoms in total. The van der Waals surface area contributed by atoms with Crippen LogP contribution in [0, 0.1) is 18.2 Å². The number of hydrogen-bond donors (Lipinski definition) is 0. The molecular formula is C9H4FN. The lowest BCUT2D eigenvalue weighted by Gasteiger charge is -1.94. The molecule has 0 fully saturated rings. The molecule has 11 heavy (non-hydrogen) atoms. The summed E-state index contributed by atoms with van der Waals surface area (Å²) < 4.78 is 12.8. The third kappa shape index (κ3) is 0.963. The first-order valence-corrected chi connectivity index (χ1v) is 3.20. The fraction of sp³-hybridized carbons (Fsp3) is 0. The number of halogens is 1. The van der Waals surface area contributed by atoms with Crippen LogP contribution in [0.1, 0.15) is 0 Å². The number of aromatic nitrogens is 1. The van der Waals surface area contributed by atoms with Gasteiger partial charge in [0.15, 0.2) is 0 Å². The van der Waals surface area contributed by atoms with Gasteiger partial charge in [-0.1, -0.05) is 12.1 Å². The molecule has 52 valence electrons. The zero-order chi connectivity index (χ0) is 7.68. The van der Waals surface area contributed by atoms with Gasteiger partial charge in [0, 0.05) is 5.39 Å². The van der Waals surface area contributed by atoms with Gasteiger partial charge in [-0.2, -0.15) is 4.39 Å². The standard InChI is InChI=1S/C9H4FN/c10-9-8-4-2-1-3-7(8)5-6-11-9/h1,3-5H. The highest BCUT2D eigenvalue weighted by molar-refractivity contribution is 5.81. The Morgan fingerprint density at radius 1 is 1.36 bits per heavy atom. The summed E-state index contributed by atoms with van der Waals surface area (Å²) >= 11 is 0. The van der Waals surface area contributed by atoms with Gasteiger partial charge < -0.3 is 0 Å². The van der Waals surface area contributed by atoms with E-state index < -0.39 is 5.95 Å². The van der Waals surface area contributed by atoms with Crippen LogP contribution in [0.4, 0.5) is 4.39 Å². The molecule has 0 bridgehead atoms. The van der Waals surface area contributed by atoms with Gasteiger partial charge in [0.05, 0.1) is 6.20 Å². The van der Waals surface area contributed by atoms with E-state index in [4.69, 9.17) is 0 Å². The van der Waals surface area contributed by atoms with E-state index in [0.29, 0.717) is 5.39 Å². The molecule has 0 aliphatic carbocycles. The summed E-state index contributed by atoms with van der Waals surface area (Å²) in [5.74, 6) is -0.487. The summed E-state index contributed by atoms with van der Waals surface area (Å²) in [7, 11) is 0. The minimum absolute atomic E-state index is 0.487. The summed E-state index contributed by atoms with van der Waals surface area (Å²) in [6, 6.07) is 9.51. The van der Waals surface area contributed by atoms with Gasteiger partial charge in [0.25, 0.3) is 0 Å². The van der Waals surface area contributed by atoms with Crippen molar-refractivity contribution in [3.8, 4) is 0 Å². The molecular weight excluding hydrogens is 141 g/mol. The zero-order valence-electron chi connectivity index (χ0n) is 5.63. The van der Waals surface area contributed by atoms with E-state index in [2.05, 4.69) is 17.2 Å². The van der Waals surface area contributed by atoms with E-state index in [-0.39, 0.29) is 0 Å². The van der Waals surface area contributed by atoms with E-state index in [1.165, 1.54) is 0 Å². The number of hydrogen-bond acceptors (Lipinski definition) is 1. The largest absolute Gasteiger partial charge is 0.221 e. The highest BCUT2D eigenvalue weighted by Crippen LogP contribution is 2.13. The second-order valence-corrected chi connectivity index (χ2v) is 2.19. The molecule has 0 saturated heterocycles. The first-order chi connectivity index (χ1) is 5.38. The maximum atomic E-state index is 12.8. The van der Waals surface area contributed by atoms with Crippen LogP contribution in [0.25, 0.3) is 10.8 Å². The summed E-state index contributed by atoms with van der Waals surface area (Å²) in [6.45, 7) is 0. The fourth-order valence-corrected chi connectivity index (χ4v) is 0.966. The highest BCUT2D eigenvalue weighted by Gasteiger charge is 1.97. The molecule has 0 aliphatic heterocycles. The highest BCUT2D eigenvalue weighted by atomic mass is 19.1. The summed E-state index contributed by atoms with van der Waals surface area (Å²) in [5.41, 5.74) is 0. The summed E-state index contributed by atoms with van der Waals surface area (Å²) in [4.78, 5) is 3.40. The van der Waals surface area contributed by atoms with E-state index in [1.807, 2.05) is 0 Å². The SMILES string of the molecule is Fc1n[c]cc2cc[c]cc12. The molecule has 2 aromatic rings. The van der Waals surface area contributed by atoms with Gasteiger partial charge in [0.1, 0.15) is 0 Å². The van der Waals surface area contributed by atoms with Gasteiger partial charge in [-0.15, -0.1) is 0 Å². The number of rotatable bonds is 0. The van der Waals surface area contributed by atoms with Crippen LogP contribution in [0.3, 0.4) is 0 Å². The van der Waals surface area contributed by atoms with E-state index in [1.54, 1.807) is 24.3 Å². The Labute approximate surface area is 63.5 Å². The molecule has 0 amide bonds. The predicted molar refractivity (Wildman–Crippen MR) is 39.4 cm³/mol. The van der Waals surface area contributed by atoms with E-state index in [0.717, 1.165) is 5.39 Å². The Bertz CT molecular complexity index is 379. The molecule has 2 rings (SSSR count). The van der Waals surface area contributed by atoms with Crippen molar-refractivity contribution in [2.45, 2.75) is 0 Å². The number of fused-ring (bicyclic) bond motifs is 1. The van der Waals surface area contributed by atoms with Crippen molar-refractivity contribution in [3.63, 3.8) is 0 Å². The van der Waals surface area contributed by atoms with Crippen LogP contribution < -0.4 is 0 Å². The third-order valence-electron chi connectivity index (χ3n) is 1.50. The van der Waals surface area contributed by atoms with Gasteiger partial charge in [0.2, 0.25) is 5.95 Å². The number of nitrogens with zero attached hydrogens (tertiary/aromatic N) is 1. The number of pyridine rings is 1. The minimum atomic E-state index is -0.487. The number of benzene rings is 1. The predicted octanol–water partition coefficient (Wildman–Crippen LogP) is 1.97. The second kappa shape index (κ2) is 2.31. The van der Waals surface area contributed by atoms with Gasteiger partial charge in [-0.3, -0.25) is 0 Å². The van der Waals surface area contributed by atoms with Gasteiger partial charge in [-0.25, -0.2) is 4.98 Å². The Kier molecular flexibility index (Phi) is 1.32. The Morgan fingerprint density at radius 3 is 3.09 bits per heavy atom. The third-order valence-corrected chi connectivity index (χ3v) is 1.50. The van der Waals surface area contributed by atoms with Crippen LogP contribution in [0.15, 0.2) is 24.3 Å². The lowest BCUT2D eigenvalue weighted by molar-refractivity contribution is 0.596. The first kappa shape index (κ1) is 6.28. The van der Waals surface area contributed by atoms with Gasteiger partial charge >= 0.3 is 0 Å². The Hall–Kier alpha value is -1.44. The normalized spacial score (nSPS) is 10.3. The summed E-state index contributed by atoms with van der Waals surface area (Å²) in [5, 5.41) is 1.29. The maximum absolute atomic E-state index is 12.8. The summed E-state index contributed by atoms with van der Waals surface area (Å²) in [6.07, 6.45) is 2.46. The molecule has 1 heterocycles. The van der Waals surface area contributed by atoms with Crippen molar-refractivity contribution >= 4 is 10.8 Å². The van der Waals surface area contributed by atoms with Crippen LogP contribution >= 0.6 is 0 Å². The molecule has 2 heteroatoms. The second-order valence-electron chi connectivity index (χ2n) is 2.19. The zero-order valence-corrected chi connectivity index (χ0v) is 5.63. The molecule has 0 atom stereocenters. The van der Waals surface area contributed by atoms with Crippen molar-refractivity contribution in [2.24, 2.45) is 0 Å². The van der Waals surface area contributed by atoms with Crippen LogP contribution in [0.5, 0.6) is 0 Å². The molecule has 0 saturated carbocycles. The van der Waals surface area contributed by atoms with Crippen molar-refractivity contribution in [2.75, 3.05) is 0 Å². The molecule has 0 aliphatic rings. The lowest BCUT2D eigenvalue weighted by Crippen LogP contribution is -1.83. The Morgan fingerprint density at radius 2 is 2.27 bits per heavy atom. The molecule has 0 unspecified atom stereocenters. The average Bonchev–Trinajstić information content (AvgIpc) is 2.06. The first-order valence-electron chi connectivity index (χ1n) is 3.20. The van der Waals surface area contributed by atoms with Gasteiger partial charge in [-0.05, 0) is 23.6 Å². The minimum Gasteiger partial charge on any atom is -0.217 e. The maximum Gasteiger partial charge on any atom is 0.221 e. The van der Waals surface area contributed by atoms with Crippen LogP contribution in [0.2, 0.25) is 0 Å². The molecule has 2 radical (unpaired) electrons. The van der Waals surface area contributed by atoms with Crippen LogP contribution in [-0.2, 0) is 0 Å².